The molecule has 0 aliphatic carbocycles. The number of halogens is 2. The number of imidazole rings is 1. The second kappa shape index (κ2) is 14.0. The Morgan fingerprint density at radius 2 is 1.96 bits per heavy atom. The predicted molar refractivity (Wildman–Crippen MR) is 112 cm³/mol. The Balaban J connectivity index is 0.00000338. The molecular formula is C18H27Cl2N5O2. The van der Waals surface area contributed by atoms with Gasteiger partial charge in [0.15, 0.2) is 0 Å². The van der Waals surface area contributed by atoms with Gasteiger partial charge >= 0.3 is 0 Å². The zero-order chi connectivity index (χ0) is 17.9. The number of carbonyl (C=O) groups excluding carboxylic acids is 2. The molecule has 9 heteroatoms. The maximum absolute atomic E-state index is 12.1. The average molecular weight is 416 g/mol. The zero-order valence-corrected chi connectivity index (χ0v) is 16.9. The molecule has 7 nitrogen and oxygen atoms in total. The number of nitrogens with one attached hydrogen (secondary N) is 3. The van der Waals surface area contributed by atoms with E-state index in [0.717, 1.165) is 19.5 Å². The molecule has 0 aliphatic rings. The number of hydrogen-bond donors (Lipinski definition) is 3. The van der Waals surface area contributed by atoms with Crippen LogP contribution in [-0.4, -0.2) is 41.0 Å². The first-order valence-electron chi connectivity index (χ1n) is 8.53. The van der Waals surface area contributed by atoms with Crippen molar-refractivity contribution in [1.29, 1.82) is 0 Å². The van der Waals surface area contributed by atoms with Crippen molar-refractivity contribution < 1.29 is 9.59 Å². The van der Waals surface area contributed by atoms with Crippen LogP contribution in [0.4, 0.5) is 5.69 Å². The molecule has 0 unspecified atom stereocenters. The number of aromatic nitrogens is 2. The lowest BCUT2D eigenvalue weighted by Crippen LogP contribution is -2.32. The predicted octanol–water partition coefficient (Wildman–Crippen LogP) is 2.48. The number of nitrogens with zero attached hydrogens (tertiary/aromatic N) is 2. The fourth-order valence-electron chi connectivity index (χ4n) is 2.28. The van der Waals surface area contributed by atoms with E-state index < -0.39 is 0 Å². The van der Waals surface area contributed by atoms with E-state index in [-0.39, 0.29) is 36.6 Å². The highest BCUT2D eigenvalue weighted by Crippen LogP contribution is 2.11. The normalized spacial score (nSPS) is 9.67. The summed E-state index contributed by atoms with van der Waals surface area (Å²) in [6.07, 6.45) is 6.57. The van der Waals surface area contributed by atoms with Crippen molar-refractivity contribution in [3.63, 3.8) is 0 Å². The van der Waals surface area contributed by atoms with Crippen LogP contribution in [0, 0.1) is 0 Å². The van der Waals surface area contributed by atoms with Crippen LogP contribution in [0.25, 0.3) is 0 Å². The highest BCUT2D eigenvalue weighted by molar-refractivity contribution is 5.97. The molecule has 3 N–H and O–H groups in total. The Kier molecular flexibility index (Phi) is 12.9. The molecular weight excluding hydrogens is 389 g/mol. The molecule has 0 radical (unpaired) electrons. The Labute approximate surface area is 172 Å². The SMILES string of the molecule is CCCNCCNC(=O)c1cccc(NC(=O)CCn2ccnc2)c1.Cl.Cl. The third-order valence-corrected chi connectivity index (χ3v) is 3.58. The Bertz CT molecular complexity index is 680. The molecule has 2 aromatic rings. The van der Waals surface area contributed by atoms with E-state index in [4.69, 9.17) is 0 Å². The molecule has 150 valence electrons. The van der Waals surface area contributed by atoms with Crippen LogP contribution in [0.1, 0.15) is 30.1 Å². The zero-order valence-electron chi connectivity index (χ0n) is 15.3. The first-order valence-corrected chi connectivity index (χ1v) is 8.53. The van der Waals surface area contributed by atoms with Crippen LogP contribution in [0.15, 0.2) is 43.0 Å². The first-order chi connectivity index (χ1) is 12.2. The van der Waals surface area contributed by atoms with Gasteiger partial charge in [0.1, 0.15) is 0 Å². The van der Waals surface area contributed by atoms with E-state index in [1.54, 1.807) is 36.8 Å². The van der Waals surface area contributed by atoms with Crippen LogP contribution in [0.3, 0.4) is 0 Å². The van der Waals surface area contributed by atoms with Gasteiger partial charge in [-0.25, -0.2) is 4.98 Å². The highest BCUT2D eigenvalue weighted by Gasteiger charge is 2.07. The van der Waals surface area contributed by atoms with Gasteiger partial charge in [-0.05, 0) is 31.2 Å². The minimum absolute atomic E-state index is 0. The van der Waals surface area contributed by atoms with E-state index in [9.17, 15) is 9.59 Å². The van der Waals surface area contributed by atoms with Crippen molar-refractivity contribution in [3.8, 4) is 0 Å². The number of hydrogen-bond acceptors (Lipinski definition) is 4. The minimum Gasteiger partial charge on any atom is -0.351 e. The van der Waals surface area contributed by atoms with Crippen molar-refractivity contribution in [2.45, 2.75) is 26.3 Å². The van der Waals surface area contributed by atoms with Crippen LogP contribution in [0.5, 0.6) is 0 Å². The van der Waals surface area contributed by atoms with Gasteiger partial charge in [-0.3, -0.25) is 9.59 Å². The molecule has 0 aliphatic heterocycles. The standard InChI is InChI=1S/C18H25N5O2.2ClH/c1-2-7-19-8-9-21-18(25)15-4-3-5-16(13-15)22-17(24)6-11-23-12-10-20-14-23;;/h3-5,10,12-14,19H,2,6-9,11H2,1H3,(H,21,25)(H,22,24);2*1H. The maximum Gasteiger partial charge on any atom is 0.251 e. The second-order valence-corrected chi connectivity index (χ2v) is 5.69. The number of anilines is 1. The Morgan fingerprint density at radius 3 is 2.67 bits per heavy atom. The summed E-state index contributed by atoms with van der Waals surface area (Å²) in [4.78, 5) is 28.1. The molecule has 1 aromatic heterocycles. The molecule has 27 heavy (non-hydrogen) atoms. The lowest BCUT2D eigenvalue weighted by molar-refractivity contribution is -0.116. The largest absolute Gasteiger partial charge is 0.351 e. The van der Waals surface area contributed by atoms with Crippen molar-refractivity contribution in [1.82, 2.24) is 20.2 Å². The number of benzene rings is 1. The minimum atomic E-state index is -0.146. The molecule has 0 fully saturated rings. The van der Waals surface area contributed by atoms with Gasteiger partial charge in [0.2, 0.25) is 5.91 Å². The molecule has 2 amide bonds. The lowest BCUT2D eigenvalue weighted by Gasteiger charge is -2.09. The monoisotopic (exact) mass is 415 g/mol. The van der Waals surface area contributed by atoms with Crippen LogP contribution in [-0.2, 0) is 11.3 Å². The summed E-state index contributed by atoms with van der Waals surface area (Å²) in [6.45, 7) is 4.92. The summed E-state index contributed by atoms with van der Waals surface area (Å²) < 4.78 is 1.84. The summed E-state index contributed by atoms with van der Waals surface area (Å²) in [7, 11) is 0. The number of carbonyl (C=O) groups is 2. The molecule has 0 atom stereocenters. The van der Waals surface area contributed by atoms with E-state index in [0.29, 0.717) is 30.8 Å². The van der Waals surface area contributed by atoms with Gasteiger partial charge < -0.3 is 20.5 Å². The fourth-order valence-corrected chi connectivity index (χ4v) is 2.28. The summed E-state index contributed by atoms with van der Waals surface area (Å²) in [6, 6.07) is 6.95. The number of rotatable bonds is 10. The van der Waals surface area contributed by atoms with Crippen molar-refractivity contribution in [2.75, 3.05) is 25.0 Å². The van der Waals surface area contributed by atoms with Gasteiger partial charge in [-0.15, -0.1) is 24.8 Å². The number of aryl methyl sites for hydroxylation is 1. The van der Waals surface area contributed by atoms with Gasteiger partial charge in [0.05, 0.1) is 6.33 Å². The quantitative estimate of drug-likeness (QED) is 0.520. The maximum atomic E-state index is 12.1. The summed E-state index contributed by atoms with van der Waals surface area (Å²) in [5, 5.41) is 8.90. The number of amides is 2. The van der Waals surface area contributed by atoms with Gasteiger partial charge in [-0.2, -0.15) is 0 Å². The first kappa shape index (κ1) is 24.9. The molecule has 0 saturated heterocycles. The summed E-state index contributed by atoms with van der Waals surface area (Å²) in [5.74, 6) is -0.247. The van der Waals surface area contributed by atoms with E-state index in [2.05, 4.69) is 27.9 Å². The third kappa shape index (κ3) is 9.42. The third-order valence-electron chi connectivity index (χ3n) is 3.58. The van der Waals surface area contributed by atoms with Gasteiger partial charge in [0, 0.05) is 49.7 Å². The van der Waals surface area contributed by atoms with Crippen molar-refractivity contribution in [3.05, 3.63) is 48.5 Å². The average Bonchev–Trinajstić information content (AvgIpc) is 3.13. The molecule has 1 aromatic carbocycles. The van der Waals surface area contributed by atoms with Crippen molar-refractivity contribution in [2.24, 2.45) is 0 Å². The molecule has 2 rings (SSSR count). The Hall–Kier alpha value is -2.09. The topological polar surface area (TPSA) is 88.0 Å². The molecule has 0 spiro atoms. The van der Waals surface area contributed by atoms with Gasteiger partial charge in [-0.1, -0.05) is 13.0 Å². The molecule has 0 bridgehead atoms. The second-order valence-electron chi connectivity index (χ2n) is 5.69. The van der Waals surface area contributed by atoms with Gasteiger partial charge in [0.25, 0.3) is 5.91 Å². The van der Waals surface area contributed by atoms with E-state index in [1.165, 1.54) is 0 Å². The highest BCUT2D eigenvalue weighted by atomic mass is 35.5. The summed E-state index contributed by atoms with van der Waals surface area (Å²) >= 11 is 0. The lowest BCUT2D eigenvalue weighted by atomic mass is 10.2. The Morgan fingerprint density at radius 1 is 1.15 bits per heavy atom. The fraction of sp³-hybridized carbons (Fsp3) is 0.389. The van der Waals surface area contributed by atoms with E-state index in [1.807, 2.05) is 10.8 Å². The van der Waals surface area contributed by atoms with Crippen LogP contribution in [0.2, 0.25) is 0 Å². The molecule has 1 heterocycles. The molecule has 0 saturated carbocycles. The summed E-state index contributed by atoms with van der Waals surface area (Å²) in [5.41, 5.74) is 1.15. The van der Waals surface area contributed by atoms with Crippen LogP contribution < -0.4 is 16.0 Å². The smallest absolute Gasteiger partial charge is 0.251 e. The van der Waals surface area contributed by atoms with Crippen LogP contribution >= 0.6 is 24.8 Å². The van der Waals surface area contributed by atoms with E-state index >= 15 is 0 Å². The van der Waals surface area contributed by atoms with Crippen molar-refractivity contribution >= 4 is 42.3 Å².